The second kappa shape index (κ2) is 6.31. The summed E-state index contributed by atoms with van der Waals surface area (Å²) in [5.74, 6) is -0.131. The highest BCUT2D eigenvalue weighted by Gasteiger charge is 2.34. The van der Waals surface area contributed by atoms with Crippen LogP contribution in [0.4, 0.5) is 5.69 Å². The van der Waals surface area contributed by atoms with E-state index < -0.39 is 0 Å². The van der Waals surface area contributed by atoms with Gasteiger partial charge in [-0.2, -0.15) is 0 Å². The summed E-state index contributed by atoms with van der Waals surface area (Å²) in [6, 6.07) is 11.6. The number of anilines is 1. The molecule has 2 aromatic carbocycles. The Hall–Kier alpha value is -1.89. The molecule has 1 fully saturated rings. The molecule has 0 aromatic heterocycles. The van der Waals surface area contributed by atoms with E-state index in [4.69, 9.17) is 28.6 Å². The number of aromatic hydroxyl groups is 1. The lowest BCUT2D eigenvalue weighted by molar-refractivity contribution is -0.114. The maximum absolute atomic E-state index is 12.5. The van der Waals surface area contributed by atoms with Crippen molar-refractivity contribution in [3.8, 4) is 5.75 Å². The highest BCUT2D eigenvalue weighted by molar-refractivity contribution is 9.10. The SMILES string of the molecule is O=C1/C(=C/c2ccc(O)c(Br)c2)OC(=S)N1c1ccc(Cl)cc1. The van der Waals surface area contributed by atoms with Crippen LogP contribution < -0.4 is 4.90 Å². The Morgan fingerprint density at radius 2 is 1.91 bits per heavy atom. The molecule has 0 spiro atoms. The second-order valence-electron chi connectivity index (χ2n) is 4.70. The molecule has 1 aliphatic rings. The number of carbonyl (C=O) groups is 1. The lowest BCUT2D eigenvalue weighted by Gasteiger charge is -2.11. The van der Waals surface area contributed by atoms with Crippen LogP contribution in [-0.2, 0) is 9.53 Å². The molecule has 3 rings (SSSR count). The van der Waals surface area contributed by atoms with Crippen molar-refractivity contribution in [3.05, 3.63) is 63.3 Å². The summed E-state index contributed by atoms with van der Waals surface area (Å²) in [6.45, 7) is 0. The molecule has 0 unspecified atom stereocenters. The Morgan fingerprint density at radius 1 is 1.22 bits per heavy atom. The number of hydrogen-bond donors (Lipinski definition) is 1. The maximum atomic E-state index is 12.5. The summed E-state index contributed by atoms with van der Waals surface area (Å²) >= 11 is 14.2. The minimum atomic E-state index is -0.360. The van der Waals surface area contributed by atoms with E-state index in [2.05, 4.69) is 15.9 Å². The number of hydrogen-bond acceptors (Lipinski definition) is 4. The second-order valence-corrected chi connectivity index (χ2v) is 6.34. The summed E-state index contributed by atoms with van der Waals surface area (Å²) in [4.78, 5) is 13.8. The predicted molar refractivity (Wildman–Crippen MR) is 96.4 cm³/mol. The number of phenols is 1. The summed E-state index contributed by atoms with van der Waals surface area (Å²) in [7, 11) is 0. The Bertz CT molecular complexity index is 836. The van der Waals surface area contributed by atoms with Crippen molar-refractivity contribution in [2.75, 3.05) is 4.90 Å². The normalized spacial score (nSPS) is 16.1. The summed E-state index contributed by atoms with van der Waals surface area (Å²) < 4.78 is 5.93. The molecule has 1 amide bonds. The van der Waals surface area contributed by atoms with E-state index in [0.717, 1.165) is 0 Å². The van der Waals surface area contributed by atoms with Gasteiger partial charge in [-0.25, -0.2) is 4.90 Å². The third kappa shape index (κ3) is 3.24. The van der Waals surface area contributed by atoms with Crippen LogP contribution >= 0.6 is 39.7 Å². The molecule has 0 aliphatic carbocycles. The first-order valence-electron chi connectivity index (χ1n) is 6.48. The van der Waals surface area contributed by atoms with Gasteiger partial charge in [-0.05, 0) is 76.2 Å². The molecular weight excluding hydrogens is 402 g/mol. The summed E-state index contributed by atoms with van der Waals surface area (Å²) in [5.41, 5.74) is 1.28. The summed E-state index contributed by atoms with van der Waals surface area (Å²) in [6.07, 6.45) is 1.56. The topological polar surface area (TPSA) is 49.8 Å². The molecule has 1 saturated heterocycles. The van der Waals surface area contributed by atoms with Crippen LogP contribution in [0.5, 0.6) is 5.75 Å². The van der Waals surface area contributed by atoms with Gasteiger partial charge in [0.2, 0.25) is 0 Å². The summed E-state index contributed by atoms with van der Waals surface area (Å²) in [5, 5.41) is 10.1. The van der Waals surface area contributed by atoms with E-state index in [0.29, 0.717) is 20.7 Å². The molecule has 1 aliphatic heterocycles. The molecule has 1 heterocycles. The van der Waals surface area contributed by atoms with Crippen LogP contribution in [0.2, 0.25) is 5.02 Å². The van der Waals surface area contributed by atoms with Crippen LogP contribution in [0.25, 0.3) is 6.08 Å². The van der Waals surface area contributed by atoms with Crippen molar-refractivity contribution in [1.29, 1.82) is 0 Å². The van der Waals surface area contributed by atoms with Crippen LogP contribution in [-0.4, -0.2) is 16.2 Å². The van der Waals surface area contributed by atoms with E-state index in [-0.39, 0.29) is 22.6 Å². The zero-order valence-corrected chi connectivity index (χ0v) is 14.7. The Morgan fingerprint density at radius 3 is 2.57 bits per heavy atom. The predicted octanol–water partition coefficient (Wildman–Crippen LogP) is 4.50. The lowest BCUT2D eigenvalue weighted by atomic mass is 10.2. The van der Waals surface area contributed by atoms with Crippen molar-refractivity contribution in [1.82, 2.24) is 0 Å². The van der Waals surface area contributed by atoms with E-state index in [1.807, 2.05) is 0 Å². The number of ether oxygens (including phenoxy) is 1. The average Bonchev–Trinajstić information content (AvgIpc) is 2.79. The third-order valence-corrected chi connectivity index (χ3v) is 4.30. The highest BCUT2D eigenvalue weighted by Crippen LogP contribution is 2.29. The molecule has 7 heteroatoms. The fourth-order valence-corrected chi connectivity index (χ4v) is 2.85. The van der Waals surface area contributed by atoms with Crippen LogP contribution in [0.1, 0.15) is 5.56 Å². The molecule has 116 valence electrons. The number of thiocarbonyl (C=S) groups is 1. The molecule has 0 radical (unpaired) electrons. The zero-order chi connectivity index (χ0) is 16.6. The van der Waals surface area contributed by atoms with Crippen molar-refractivity contribution in [2.45, 2.75) is 0 Å². The van der Waals surface area contributed by atoms with Gasteiger partial charge in [0.15, 0.2) is 5.76 Å². The van der Waals surface area contributed by atoms with E-state index in [1.165, 1.54) is 11.0 Å². The van der Waals surface area contributed by atoms with Gasteiger partial charge in [-0.1, -0.05) is 17.7 Å². The average molecular weight is 411 g/mol. The molecule has 23 heavy (non-hydrogen) atoms. The highest BCUT2D eigenvalue weighted by atomic mass is 79.9. The monoisotopic (exact) mass is 409 g/mol. The maximum Gasteiger partial charge on any atom is 0.301 e. The van der Waals surface area contributed by atoms with E-state index in [9.17, 15) is 9.90 Å². The van der Waals surface area contributed by atoms with Crippen molar-refractivity contribution >= 4 is 62.6 Å². The largest absolute Gasteiger partial charge is 0.507 e. The Labute approximate surface area is 151 Å². The number of nitrogens with zero attached hydrogens (tertiary/aromatic N) is 1. The van der Waals surface area contributed by atoms with Crippen LogP contribution in [0, 0.1) is 0 Å². The fourth-order valence-electron chi connectivity index (χ4n) is 2.04. The molecular formula is C16H9BrClNO3S. The van der Waals surface area contributed by atoms with Gasteiger partial charge in [0.25, 0.3) is 5.17 Å². The van der Waals surface area contributed by atoms with Gasteiger partial charge >= 0.3 is 5.91 Å². The quantitative estimate of drug-likeness (QED) is 0.585. The number of carbonyl (C=O) groups excluding carboxylic acids is 1. The lowest BCUT2D eigenvalue weighted by Crippen LogP contribution is -2.27. The van der Waals surface area contributed by atoms with Gasteiger partial charge < -0.3 is 9.84 Å². The first-order chi connectivity index (χ1) is 11.0. The molecule has 1 N–H and O–H groups in total. The molecule has 0 atom stereocenters. The first kappa shape index (κ1) is 16.0. The van der Waals surface area contributed by atoms with Crippen LogP contribution in [0.3, 0.4) is 0 Å². The number of halogens is 2. The fraction of sp³-hybridized carbons (Fsp3) is 0. The van der Waals surface area contributed by atoms with Gasteiger partial charge in [-0.3, -0.25) is 4.79 Å². The number of rotatable bonds is 2. The third-order valence-electron chi connectivity index (χ3n) is 3.15. The van der Waals surface area contributed by atoms with Gasteiger partial charge in [0, 0.05) is 5.02 Å². The number of benzene rings is 2. The first-order valence-corrected chi connectivity index (χ1v) is 8.05. The number of amides is 1. The standard InChI is InChI=1S/C16H9BrClNO3S/c17-12-7-9(1-6-13(12)20)8-14-15(21)19(16(23)22-14)11-4-2-10(18)3-5-11/h1-8,20H/b14-8-. The van der Waals surface area contributed by atoms with Gasteiger partial charge in [-0.15, -0.1) is 0 Å². The van der Waals surface area contributed by atoms with Crippen molar-refractivity contribution < 1.29 is 14.6 Å². The molecule has 0 bridgehead atoms. The minimum Gasteiger partial charge on any atom is -0.507 e. The molecule has 0 saturated carbocycles. The minimum absolute atomic E-state index is 0.0569. The van der Waals surface area contributed by atoms with Gasteiger partial charge in [0.1, 0.15) is 5.75 Å². The Balaban J connectivity index is 1.92. The molecule has 4 nitrogen and oxygen atoms in total. The van der Waals surface area contributed by atoms with E-state index in [1.54, 1.807) is 42.5 Å². The molecule has 2 aromatic rings. The number of phenolic OH excluding ortho intramolecular Hbond substituents is 1. The van der Waals surface area contributed by atoms with Crippen molar-refractivity contribution in [3.63, 3.8) is 0 Å². The smallest absolute Gasteiger partial charge is 0.301 e. The Kier molecular flexibility index (Phi) is 4.39. The van der Waals surface area contributed by atoms with Crippen molar-refractivity contribution in [2.24, 2.45) is 0 Å². The van der Waals surface area contributed by atoms with Crippen LogP contribution in [0.15, 0.2) is 52.7 Å². The van der Waals surface area contributed by atoms with Gasteiger partial charge in [0.05, 0.1) is 10.2 Å². The zero-order valence-electron chi connectivity index (χ0n) is 11.5. The van der Waals surface area contributed by atoms with E-state index >= 15 is 0 Å².